The number of anilines is 2. The highest BCUT2D eigenvalue weighted by Gasteiger charge is 2.22. The molecular formula is C26H29N3O4S. The second-order valence-corrected chi connectivity index (χ2v) is 10.3. The maximum Gasteiger partial charge on any atom is 0.264 e. The third-order valence-electron chi connectivity index (χ3n) is 5.13. The van der Waals surface area contributed by atoms with Gasteiger partial charge in [-0.15, -0.1) is 0 Å². The maximum absolute atomic E-state index is 13.0. The highest BCUT2D eigenvalue weighted by atomic mass is 32.2. The molecule has 0 bridgehead atoms. The molecule has 0 fully saturated rings. The van der Waals surface area contributed by atoms with Crippen LogP contribution in [0.25, 0.3) is 0 Å². The van der Waals surface area contributed by atoms with Crippen LogP contribution in [-0.4, -0.2) is 27.3 Å². The normalized spacial score (nSPS) is 11.2. The van der Waals surface area contributed by atoms with E-state index in [-0.39, 0.29) is 28.8 Å². The van der Waals surface area contributed by atoms with Gasteiger partial charge < -0.3 is 10.6 Å². The van der Waals surface area contributed by atoms with Gasteiger partial charge in [-0.2, -0.15) is 0 Å². The van der Waals surface area contributed by atoms with Gasteiger partial charge in [0.05, 0.1) is 10.6 Å². The summed E-state index contributed by atoms with van der Waals surface area (Å²) in [4.78, 5) is 24.8. The number of amides is 2. The summed E-state index contributed by atoms with van der Waals surface area (Å²) in [7, 11) is -2.35. The molecule has 0 unspecified atom stereocenters. The lowest BCUT2D eigenvalue weighted by Gasteiger charge is -2.19. The van der Waals surface area contributed by atoms with E-state index in [4.69, 9.17) is 0 Å². The predicted molar refractivity (Wildman–Crippen MR) is 134 cm³/mol. The summed E-state index contributed by atoms with van der Waals surface area (Å²) in [6.07, 6.45) is 0.430. The molecule has 0 heterocycles. The van der Waals surface area contributed by atoms with Crippen molar-refractivity contribution in [3.8, 4) is 0 Å². The number of nitrogens with zero attached hydrogens (tertiary/aromatic N) is 1. The van der Waals surface area contributed by atoms with E-state index in [9.17, 15) is 18.0 Å². The number of carbonyl (C=O) groups excluding carboxylic acids is 2. The van der Waals surface area contributed by atoms with Crippen molar-refractivity contribution in [3.05, 3.63) is 90.0 Å². The highest BCUT2D eigenvalue weighted by Crippen LogP contribution is 2.22. The Morgan fingerprint density at radius 1 is 0.912 bits per heavy atom. The number of sulfonamides is 1. The van der Waals surface area contributed by atoms with Crippen LogP contribution in [0.5, 0.6) is 0 Å². The first kappa shape index (κ1) is 25.0. The monoisotopic (exact) mass is 479 g/mol. The summed E-state index contributed by atoms with van der Waals surface area (Å²) < 4.78 is 27.3. The van der Waals surface area contributed by atoms with Crippen molar-refractivity contribution < 1.29 is 18.0 Å². The minimum atomic E-state index is -3.83. The quantitative estimate of drug-likeness (QED) is 0.475. The smallest absolute Gasteiger partial charge is 0.264 e. The Kier molecular flexibility index (Phi) is 8.07. The standard InChI is InChI=1S/C26H29N3O4S/c1-19(2)15-25(30)28-22-11-7-9-20(16-22)18-27-26(31)21-10-8-14-24(17-21)34(32,33)29(3)23-12-5-4-6-13-23/h4-14,16-17,19H,15,18H2,1-3H3,(H,27,31)(H,28,30). The molecule has 178 valence electrons. The zero-order valence-corrected chi connectivity index (χ0v) is 20.3. The van der Waals surface area contributed by atoms with Gasteiger partial charge in [0.2, 0.25) is 5.91 Å². The fourth-order valence-corrected chi connectivity index (χ4v) is 4.60. The van der Waals surface area contributed by atoms with E-state index in [1.54, 1.807) is 54.6 Å². The van der Waals surface area contributed by atoms with Gasteiger partial charge in [0.1, 0.15) is 0 Å². The molecule has 0 saturated carbocycles. The number of benzene rings is 3. The molecule has 2 amide bonds. The minimum absolute atomic E-state index is 0.0290. The lowest BCUT2D eigenvalue weighted by molar-refractivity contribution is -0.116. The van der Waals surface area contributed by atoms with E-state index in [0.717, 1.165) is 5.56 Å². The van der Waals surface area contributed by atoms with Crippen LogP contribution in [-0.2, 0) is 21.4 Å². The second-order valence-electron chi connectivity index (χ2n) is 8.37. The first-order valence-electron chi connectivity index (χ1n) is 11.0. The number of rotatable bonds is 9. The van der Waals surface area contributed by atoms with Crippen LogP contribution in [0.2, 0.25) is 0 Å². The van der Waals surface area contributed by atoms with E-state index < -0.39 is 15.9 Å². The Morgan fingerprint density at radius 3 is 2.32 bits per heavy atom. The number of nitrogens with one attached hydrogen (secondary N) is 2. The average Bonchev–Trinajstić information content (AvgIpc) is 2.82. The largest absolute Gasteiger partial charge is 0.348 e. The predicted octanol–water partition coefficient (Wildman–Crippen LogP) is 4.43. The SMILES string of the molecule is CC(C)CC(=O)Nc1cccc(CNC(=O)c2cccc(S(=O)(=O)N(C)c3ccccc3)c2)c1. The molecular weight excluding hydrogens is 450 g/mol. The van der Waals surface area contributed by atoms with Crippen molar-refractivity contribution in [1.82, 2.24) is 5.32 Å². The number of carbonyl (C=O) groups is 2. The average molecular weight is 480 g/mol. The summed E-state index contributed by atoms with van der Waals surface area (Å²) in [5.74, 6) is -0.196. The Balaban J connectivity index is 1.68. The van der Waals surface area contributed by atoms with Crippen molar-refractivity contribution >= 4 is 33.2 Å². The van der Waals surface area contributed by atoms with Gasteiger partial charge in [0.15, 0.2) is 0 Å². The van der Waals surface area contributed by atoms with Gasteiger partial charge in [0, 0.05) is 31.3 Å². The Labute approximate surface area is 200 Å². The second kappa shape index (κ2) is 11.0. The Hall–Kier alpha value is -3.65. The van der Waals surface area contributed by atoms with Gasteiger partial charge in [-0.3, -0.25) is 13.9 Å². The van der Waals surface area contributed by atoms with Crippen LogP contribution in [0, 0.1) is 5.92 Å². The summed E-state index contributed by atoms with van der Waals surface area (Å²) in [6.45, 7) is 4.19. The van der Waals surface area contributed by atoms with Gasteiger partial charge in [-0.05, 0) is 53.9 Å². The molecule has 0 atom stereocenters. The number of hydrogen-bond acceptors (Lipinski definition) is 4. The van der Waals surface area contributed by atoms with Crippen molar-refractivity contribution in [3.63, 3.8) is 0 Å². The molecule has 8 heteroatoms. The summed E-state index contributed by atoms with van der Waals surface area (Å²) in [6, 6.07) is 21.9. The molecule has 3 rings (SSSR count). The Morgan fingerprint density at radius 2 is 1.62 bits per heavy atom. The van der Waals surface area contributed by atoms with Gasteiger partial charge >= 0.3 is 0 Å². The van der Waals surface area contributed by atoms with E-state index >= 15 is 0 Å². The van der Waals surface area contributed by atoms with Crippen LogP contribution < -0.4 is 14.9 Å². The zero-order chi connectivity index (χ0) is 24.7. The topological polar surface area (TPSA) is 95.6 Å². The third-order valence-corrected chi connectivity index (χ3v) is 6.91. The third kappa shape index (κ3) is 6.45. The molecule has 0 aliphatic rings. The molecule has 0 aliphatic carbocycles. The molecule has 3 aromatic carbocycles. The molecule has 0 spiro atoms. The van der Waals surface area contributed by atoms with Crippen LogP contribution in [0.15, 0.2) is 83.8 Å². The lowest BCUT2D eigenvalue weighted by atomic mass is 10.1. The molecule has 2 N–H and O–H groups in total. The van der Waals surface area contributed by atoms with Gasteiger partial charge in [-0.1, -0.05) is 50.2 Å². The van der Waals surface area contributed by atoms with E-state index in [0.29, 0.717) is 17.8 Å². The fourth-order valence-electron chi connectivity index (χ4n) is 3.36. The lowest BCUT2D eigenvalue weighted by Crippen LogP contribution is -2.27. The Bertz CT molecular complexity index is 1260. The molecule has 0 saturated heterocycles. The van der Waals surface area contributed by atoms with Crippen LogP contribution in [0.1, 0.15) is 36.2 Å². The van der Waals surface area contributed by atoms with Gasteiger partial charge in [0.25, 0.3) is 15.9 Å². The molecule has 0 aliphatic heterocycles. The summed E-state index contributed by atoms with van der Waals surface area (Å²) in [5, 5.41) is 5.67. The summed E-state index contributed by atoms with van der Waals surface area (Å²) in [5.41, 5.74) is 2.24. The van der Waals surface area contributed by atoms with Crippen LogP contribution >= 0.6 is 0 Å². The molecule has 0 radical (unpaired) electrons. The number of para-hydroxylation sites is 1. The van der Waals surface area contributed by atoms with Crippen molar-refractivity contribution in [2.75, 3.05) is 16.7 Å². The first-order chi connectivity index (χ1) is 16.2. The maximum atomic E-state index is 13.0. The van der Waals surface area contributed by atoms with Crippen LogP contribution in [0.3, 0.4) is 0 Å². The van der Waals surface area contributed by atoms with E-state index in [1.165, 1.54) is 23.5 Å². The highest BCUT2D eigenvalue weighted by molar-refractivity contribution is 7.92. The van der Waals surface area contributed by atoms with Crippen molar-refractivity contribution in [2.24, 2.45) is 5.92 Å². The zero-order valence-electron chi connectivity index (χ0n) is 19.5. The number of hydrogen-bond donors (Lipinski definition) is 2. The molecule has 0 aromatic heterocycles. The molecule has 34 heavy (non-hydrogen) atoms. The molecule has 7 nitrogen and oxygen atoms in total. The van der Waals surface area contributed by atoms with E-state index in [2.05, 4.69) is 10.6 Å². The summed E-state index contributed by atoms with van der Waals surface area (Å²) >= 11 is 0. The van der Waals surface area contributed by atoms with Crippen LogP contribution in [0.4, 0.5) is 11.4 Å². The fraction of sp³-hybridized carbons (Fsp3) is 0.231. The van der Waals surface area contributed by atoms with Crippen molar-refractivity contribution in [2.45, 2.75) is 31.7 Å². The minimum Gasteiger partial charge on any atom is -0.348 e. The van der Waals surface area contributed by atoms with Gasteiger partial charge in [-0.25, -0.2) is 8.42 Å². The molecule has 3 aromatic rings. The van der Waals surface area contributed by atoms with Crippen molar-refractivity contribution in [1.29, 1.82) is 0 Å². The first-order valence-corrected chi connectivity index (χ1v) is 12.4. The van der Waals surface area contributed by atoms with E-state index in [1.807, 2.05) is 26.0 Å².